The van der Waals surface area contributed by atoms with Gasteiger partial charge in [0.05, 0.1) is 16.6 Å². The number of nitrogens with zero attached hydrogens (tertiary/aromatic N) is 1. The molecule has 0 aromatic heterocycles. The normalized spacial score (nSPS) is 13.7. The summed E-state index contributed by atoms with van der Waals surface area (Å²) in [5.41, 5.74) is -1.73. The van der Waals surface area contributed by atoms with Crippen molar-refractivity contribution >= 4 is 27.5 Å². The van der Waals surface area contributed by atoms with Crippen molar-refractivity contribution in [1.82, 2.24) is 5.32 Å². The van der Waals surface area contributed by atoms with E-state index >= 15 is 0 Å². The van der Waals surface area contributed by atoms with E-state index in [1.165, 1.54) is 0 Å². The van der Waals surface area contributed by atoms with Gasteiger partial charge in [0.1, 0.15) is 5.82 Å². The predicted molar refractivity (Wildman–Crippen MR) is 72.9 cm³/mol. The van der Waals surface area contributed by atoms with Gasteiger partial charge in [0.2, 0.25) is 5.82 Å². The Hall–Kier alpha value is -1.57. The van der Waals surface area contributed by atoms with E-state index in [1.54, 1.807) is 6.92 Å². The smallest absolute Gasteiger partial charge is 0.308 e. The molecule has 0 saturated carbocycles. The van der Waals surface area contributed by atoms with Crippen LogP contribution in [0.15, 0.2) is 12.1 Å². The first-order chi connectivity index (χ1) is 9.27. The summed E-state index contributed by atoms with van der Waals surface area (Å²) < 4.78 is 27.0. The second-order valence-electron chi connectivity index (χ2n) is 4.44. The van der Waals surface area contributed by atoms with Gasteiger partial charge < -0.3 is 5.32 Å². The average molecular weight is 351 g/mol. The van der Waals surface area contributed by atoms with Crippen molar-refractivity contribution in [2.45, 2.75) is 19.9 Å². The molecule has 0 heterocycles. The quantitative estimate of drug-likeness (QED) is 0.504. The summed E-state index contributed by atoms with van der Waals surface area (Å²) in [6, 6.07) is 0.781. The second-order valence-corrected chi connectivity index (χ2v) is 5.08. The SMILES string of the molecule is CC(CBr)C(C)NC(=O)c1cc(F)cc([N+](=O)[O-])c1F. The summed E-state index contributed by atoms with van der Waals surface area (Å²) in [4.78, 5) is 21.4. The summed E-state index contributed by atoms with van der Waals surface area (Å²) in [5, 5.41) is 13.7. The number of benzene rings is 1. The van der Waals surface area contributed by atoms with Gasteiger partial charge in [0, 0.05) is 11.4 Å². The molecule has 0 fully saturated rings. The minimum Gasteiger partial charge on any atom is -0.349 e. The molecular formula is C12H13BrF2N2O3. The Labute approximate surface area is 122 Å². The Kier molecular flexibility index (Phi) is 5.55. The van der Waals surface area contributed by atoms with E-state index in [0.717, 1.165) is 0 Å². The van der Waals surface area contributed by atoms with Crippen LogP contribution in [0.5, 0.6) is 0 Å². The Morgan fingerprint density at radius 2 is 2.05 bits per heavy atom. The molecule has 0 saturated heterocycles. The fourth-order valence-corrected chi connectivity index (χ4v) is 1.99. The number of hydrogen-bond donors (Lipinski definition) is 1. The number of alkyl halides is 1. The van der Waals surface area contributed by atoms with E-state index in [2.05, 4.69) is 21.2 Å². The third-order valence-corrected chi connectivity index (χ3v) is 3.94. The van der Waals surface area contributed by atoms with Gasteiger partial charge >= 0.3 is 5.69 Å². The number of halogens is 3. The zero-order valence-corrected chi connectivity index (χ0v) is 12.4. The van der Waals surface area contributed by atoms with Gasteiger partial charge in [-0.2, -0.15) is 4.39 Å². The number of rotatable bonds is 5. The van der Waals surface area contributed by atoms with Crippen molar-refractivity contribution in [2.75, 3.05) is 5.33 Å². The first kappa shape index (κ1) is 16.5. The third-order valence-electron chi connectivity index (χ3n) is 2.92. The highest BCUT2D eigenvalue weighted by Crippen LogP contribution is 2.22. The van der Waals surface area contributed by atoms with Crippen molar-refractivity contribution in [2.24, 2.45) is 5.92 Å². The number of hydrogen-bond acceptors (Lipinski definition) is 3. The molecule has 1 aromatic rings. The molecule has 110 valence electrons. The Morgan fingerprint density at radius 3 is 2.55 bits per heavy atom. The maximum atomic E-state index is 13.8. The number of nitro benzene ring substituents is 1. The van der Waals surface area contributed by atoms with Crippen LogP contribution in [-0.2, 0) is 0 Å². The lowest BCUT2D eigenvalue weighted by molar-refractivity contribution is -0.387. The summed E-state index contributed by atoms with van der Waals surface area (Å²) in [6.07, 6.45) is 0. The molecule has 0 aliphatic rings. The van der Waals surface area contributed by atoms with Crippen LogP contribution in [0.4, 0.5) is 14.5 Å². The van der Waals surface area contributed by atoms with Crippen molar-refractivity contribution < 1.29 is 18.5 Å². The molecule has 2 atom stereocenters. The molecule has 1 N–H and O–H groups in total. The molecule has 5 nitrogen and oxygen atoms in total. The Morgan fingerprint density at radius 1 is 1.45 bits per heavy atom. The molecule has 2 unspecified atom stereocenters. The van der Waals surface area contributed by atoms with Crippen molar-refractivity contribution in [3.8, 4) is 0 Å². The van der Waals surface area contributed by atoms with Crippen LogP contribution in [0, 0.1) is 27.7 Å². The van der Waals surface area contributed by atoms with E-state index in [9.17, 15) is 23.7 Å². The van der Waals surface area contributed by atoms with E-state index in [1.807, 2.05) is 6.92 Å². The summed E-state index contributed by atoms with van der Waals surface area (Å²) in [5.74, 6) is -3.20. The molecule has 8 heteroatoms. The largest absolute Gasteiger partial charge is 0.349 e. The molecule has 0 spiro atoms. The summed E-state index contributed by atoms with van der Waals surface area (Å²) in [6.45, 7) is 3.56. The first-order valence-electron chi connectivity index (χ1n) is 5.78. The lowest BCUT2D eigenvalue weighted by Gasteiger charge is -2.19. The van der Waals surface area contributed by atoms with E-state index in [0.29, 0.717) is 17.5 Å². The topological polar surface area (TPSA) is 72.2 Å². The van der Waals surface area contributed by atoms with Crippen molar-refractivity contribution in [1.29, 1.82) is 0 Å². The first-order valence-corrected chi connectivity index (χ1v) is 6.90. The lowest BCUT2D eigenvalue weighted by Crippen LogP contribution is -2.38. The zero-order chi connectivity index (χ0) is 15.4. The lowest BCUT2D eigenvalue weighted by atomic mass is 10.1. The van der Waals surface area contributed by atoms with Gasteiger partial charge in [0.15, 0.2) is 0 Å². The van der Waals surface area contributed by atoms with Gasteiger partial charge in [-0.15, -0.1) is 0 Å². The molecule has 1 rings (SSSR count). The minimum absolute atomic E-state index is 0.0607. The number of nitrogens with one attached hydrogen (secondary N) is 1. The van der Waals surface area contributed by atoms with Crippen LogP contribution in [0.3, 0.4) is 0 Å². The van der Waals surface area contributed by atoms with Gasteiger partial charge in [-0.05, 0) is 18.9 Å². The standard InChI is InChI=1S/C12H13BrF2N2O3/c1-6(5-13)7(2)16-12(18)9-3-8(14)4-10(11(9)15)17(19)20/h3-4,6-7H,5H2,1-2H3,(H,16,18). The van der Waals surface area contributed by atoms with Crippen LogP contribution in [0.2, 0.25) is 0 Å². The predicted octanol–water partition coefficient (Wildman–Crippen LogP) is 3.02. The minimum atomic E-state index is -1.34. The van der Waals surface area contributed by atoms with Crippen LogP contribution in [0.25, 0.3) is 0 Å². The molecule has 0 bridgehead atoms. The highest BCUT2D eigenvalue weighted by molar-refractivity contribution is 9.09. The number of carbonyl (C=O) groups excluding carboxylic acids is 1. The van der Waals surface area contributed by atoms with Gasteiger partial charge in [-0.1, -0.05) is 22.9 Å². The van der Waals surface area contributed by atoms with Crippen LogP contribution < -0.4 is 5.32 Å². The average Bonchev–Trinajstić information content (AvgIpc) is 2.39. The fourth-order valence-electron chi connectivity index (χ4n) is 1.43. The van der Waals surface area contributed by atoms with Gasteiger partial charge in [0.25, 0.3) is 5.91 Å². The van der Waals surface area contributed by atoms with Crippen molar-refractivity contribution in [3.63, 3.8) is 0 Å². The number of carbonyl (C=O) groups is 1. The van der Waals surface area contributed by atoms with Gasteiger partial charge in [-0.25, -0.2) is 4.39 Å². The zero-order valence-electron chi connectivity index (χ0n) is 10.8. The summed E-state index contributed by atoms with van der Waals surface area (Å²) >= 11 is 3.24. The van der Waals surface area contributed by atoms with Crippen LogP contribution >= 0.6 is 15.9 Å². The van der Waals surface area contributed by atoms with E-state index < -0.39 is 33.7 Å². The highest BCUT2D eigenvalue weighted by atomic mass is 79.9. The summed E-state index contributed by atoms with van der Waals surface area (Å²) in [7, 11) is 0. The monoisotopic (exact) mass is 350 g/mol. The molecule has 1 aromatic carbocycles. The van der Waals surface area contributed by atoms with Crippen LogP contribution in [-0.4, -0.2) is 22.2 Å². The Bertz CT molecular complexity index is 540. The maximum absolute atomic E-state index is 13.8. The number of nitro groups is 1. The number of amides is 1. The molecular weight excluding hydrogens is 338 g/mol. The van der Waals surface area contributed by atoms with Gasteiger partial charge in [-0.3, -0.25) is 14.9 Å². The van der Waals surface area contributed by atoms with E-state index in [4.69, 9.17) is 0 Å². The highest BCUT2D eigenvalue weighted by Gasteiger charge is 2.25. The van der Waals surface area contributed by atoms with E-state index in [-0.39, 0.29) is 12.0 Å². The third kappa shape index (κ3) is 3.72. The Balaban J connectivity index is 3.07. The molecule has 1 amide bonds. The fraction of sp³-hybridized carbons (Fsp3) is 0.417. The molecule has 0 aliphatic carbocycles. The molecule has 20 heavy (non-hydrogen) atoms. The molecule has 0 aliphatic heterocycles. The van der Waals surface area contributed by atoms with Crippen molar-refractivity contribution in [3.05, 3.63) is 39.4 Å². The maximum Gasteiger partial charge on any atom is 0.308 e. The molecule has 0 radical (unpaired) electrons. The van der Waals surface area contributed by atoms with Crippen LogP contribution in [0.1, 0.15) is 24.2 Å². The second kappa shape index (κ2) is 6.74.